The Morgan fingerprint density at radius 1 is 1.64 bits per heavy atom. The monoisotopic (exact) mass is 153 g/mol. The quantitative estimate of drug-likeness (QED) is 0.575. The number of carbonyl (C=O) groups is 1. The Bertz CT molecular complexity index is 296. The van der Waals surface area contributed by atoms with E-state index in [-0.39, 0.29) is 17.3 Å². The first-order valence-corrected chi connectivity index (χ1v) is 3.24. The van der Waals surface area contributed by atoms with E-state index in [1.54, 1.807) is 6.92 Å². The van der Waals surface area contributed by atoms with Gasteiger partial charge in [0.05, 0.1) is 0 Å². The molecule has 0 fully saturated rings. The molecule has 0 bridgehead atoms. The van der Waals surface area contributed by atoms with E-state index in [9.17, 15) is 9.18 Å². The van der Waals surface area contributed by atoms with Gasteiger partial charge in [0.25, 0.3) is 0 Å². The third kappa shape index (κ3) is 1.61. The molecular formula is C8H8FNO. The van der Waals surface area contributed by atoms with Crippen molar-refractivity contribution in [1.29, 1.82) is 0 Å². The minimum atomic E-state index is -0.384. The van der Waals surface area contributed by atoms with E-state index in [0.717, 1.165) is 6.07 Å². The highest BCUT2D eigenvalue weighted by Gasteiger charge is 2.03. The molecule has 1 aromatic rings. The molecule has 0 aliphatic rings. The van der Waals surface area contributed by atoms with Gasteiger partial charge in [0, 0.05) is 24.8 Å². The van der Waals surface area contributed by atoms with E-state index in [1.165, 1.54) is 13.1 Å². The van der Waals surface area contributed by atoms with Crippen molar-refractivity contribution in [2.75, 3.05) is 0 Å². The van der Waals surface area contributed by atoms with Crippen LogP contribution in [0.4, 0.5) is 4.39 Å². The van der Waals surface area contributed by atoms with Crippen molar-refractivity contribution in [2.24, 2.45) is 0 Å². The number of Topliss-reactive ketones (excluding diaryl/α,β-unsaturated/α-hetero) is 1. The number of pyridine rings is 1. The van der Waals surface area contributed by atoms with Crippen molar-refractivity contribution in [3.63, 3.8) is 0 Å². The van der Waals surface area contributed by atoms with Gasteiger partial charge in [-0.2, -0.15) is 0 Å². The highest BCUT2D eigenvalue weighted by atomic mass is 19.1. The number of hydrogen-bond acceptors (Lipinski definition) is 2. The Morgan fingerprint density at radius 2 is 2.27 bits per heavy atom. The third-order valence-corrected chi connectivity index (χ3v) is 1.40. The van der Waals surface area contributed by atoms with Gasteiger partial charge >= 0.3 is 0 Å². The van der Waals surface area contributed by atoms with Crippen LogP contribution in [-0.2, 0) is 0 Å². The molecule has 0 unspecified atom stereocenters. The molecule has 3 heteroatoms. The number of halogens is 1. The zero-order valence-electron chi connectivity index (χ0n) is 6.39. The van der Waals surface area contributed by atoms with Crippen molar-refractivity contribution in [3.8, 4) is 0 Å². The van der Waals surface area contributed by atoms with Crippen LogP contribution in [0.15, 0.2) is 12.3 Å². The first kappa shape index (κ1) is 7.85. The normalized spacial score (nSPS) is 9.73. The van der Waals surface area contributed by atoms with E-state index in [1.807, 2.05) is 0 Å². The van der Waals surface area contributed by atoms with Gasteiger partial charge in [0.2, 0.25) is 0 Å². The Hall–Kier alpha value is -1.25. The molecule has 0 aliphatic carbocycles. The first-order chi connectivity index (χ1) is 5.11. The number of carbonyl (C=O) groups excluding carboxylic acids is 1. The molecule has 0 spiro atoms. The van der Waals surface area contributed by atoms with Crippen LogP contribution in [-0.4, -0.2) is 10.8 Å². The minimum absolute atomic E-state index is 0.174. The zero-order valence-corrected chi connectivity index (χ0v) is 6.39. The minimum Gasteiger partial charge on any atom is -0.293 e. The number of rotatable bonds is 1. The lowest BCUT2D eigenvalue weighted by Gasteiger charge is -1.96. The Balaban J connectivity index is 3.15. The molecule has 1 heterocycles. The molecule has 11 heavy (non-hydrogen) atoms. The van der Waals surface area contributed by atoms with E-state index >= 15 is 0 Å². The topological polar surface area (TPSA) is 30.0 Å². The largest absolute Gasteiger partial charge is 0.293 e. The molecule has 0 aromatic carbocycles. The molecule has 1 aromatic heterocycles. The molecule has 0 radical (unpaired) electrons. The lowest BCUT2D eigenvalue weighted by atomic mass is 10.2. The van der Waals surface area contributed by atoms with Crippen LogP contribution in [0.25, 0.3) is 0 Å². The summed E-state index contributed by atoms with van der Waals surface area (Å²) in [5.41, 5.74) is 0.628. The first-order valence-electron chi connectivity index (χ1n) is 3.24. The van der Waals surface area contributed by atoms with Crippen molar-refractivity contribution in [2.45, 2.75) is 13.8 Å². The van der Waals surface area contributed by atoms with Crippen LogP contribution in [0.1, 0.15) is 23.0 Å². The van der Waals surface area contributed by atoms with Gasteiger partial charge in [0.1, 0.15) is 11.5 Å². The molecule has 0 atom stereocenters. The highest BCUT2D eigenvalue weighted by molar-refractivity contribution is 5.92. The maximum atomic E-state index is 12.7. The number of aryl methyl sites for hydroxylation is 1. The van der Waals surface area contributed by atoms with Crippen LogP contribution in [0, 0.1) is 12.7 Å². The third-order valence-electron chi connectivity index (χ3n) is 1.40. The van der Waals surface area contributed by atoms with Crippen LogP contribution in [0.2, 0.25) is 0 Å². The lowest BCUT2D eigenvalue weighted by molar-refractivity contribution is 0.101. The smallest absolute Gasteiger partial charge is 0.178 e. The molecule has 2 nitrogen and oxygen atoms in total. The van der Waals surface area contributed by atoms with Crippen molar-refractivity contribution in [1.82, 2.24) is 4.98 Å². The van der Waals surface area contributed by atoms with E-state index in [0.29, 0.717) is 5.56 Å². The summed E-state index contributed by atoms with van der Waals surface area (Å²) in [6, 6.07) is 1.15. The molecule has 1 rings (SSSR count). The van der Waals surface area contributed by atoms with Crippen molar-refractivity contribution in [3.05, 3.63) is 29.3 Å². The van der Waals surface area contributed by atoms with E-state index in [2.05, 4.69) is 4.98 Å². The Kier molecular flexibility index (Phi) is 1.98. The van der Waals surface area contributed by atoms with Crippen LogP contribution in [0.5, 0.6) is 0 Å². The summed E-state index contributed by atoms with van der Waals surface area (Å²) in [7, 11) is 0. The van der Waals surface area contributed by atoms with E-state index < -0.39 is 0 Å². The summed E-state index contributed by atoms with van der Waals surface area (Å²) in [4.78, 5) is 14.4. The van der Waals surface area contributed by atoms with Gasteiger partial charge in [-0.3, -0.25) is 9.78 Å². The van der Waals surface area contributed by atoms with Crippen molar-refractivity contribution >= 4 is 5.78 Å². The standard InChI is InChI=1S/C8H8FNO/c1-5-4-10-8(6(2)11)3-7(5)9/h3-4H,1-2H3. The molecule has 0 amide bonds. The predicted molar refractivity (Wildman–Crippen MR) is 38.9 cm³/mol. The summed E-state index contributed by atoms with van der Waals surface area (Å²) in [6.45, 7) is 2.96. The molecule has 0 N–H and O–H groups in total. The molecular weight excluding hydrogens is 145 g/mol. The van der Waals surface area contributed by atoms with E-state index in [4.69, 9.17) is 0 Å². The van der Waals surface area contributed by atoms with Gasteiger partial charge < -0.3 is 0 Å². The molecule has 0 saturated carbocycles. The average molecular weight is 153 g/mol. The Morgan fingerprint density at radius 3 is 2.73 bits per heavy atom. The predicted octanol–water partition coefficient (Wildman–Crippen LogP) is 1.73. The number of ketones is 1. The highest BCUT2D eigenvalue weighted by Crippen LogP contribution is 2.05. The summed E-state index contributed by atoms with van der Waals surface area (Å²) >= 11 is 0. The van der Waals surface area contributed by atoms with Crippen LogP contribution in [0.3, 0.4) is 0 Å². The number of hydrogen-bond donors (Lipinski definition) is 0. The van der Waals surface area contributed by atoms with Gasteiger partial charge in [-0.1, -0.05) is 0 Å². The van der Waals surface area contributed by atoms with Gasteiger partial charge in [-0.15, -0.1) is 0 Å². The maximum Gasteiger partial charge on any atom is 0.178 e. The van der Waals surface area contributed by atoms with Crippen molar-refractivity contribution < 1.29 is 9.18 Å². The lowest BCUT2D eigenvalue weighted by Crippen LogP contribution is -1.98. The summed E-state index contributed by atoms with van der Waals surface area (Å²) < 4.78 is 12.7. The zero-order chi connectivity index (χ0) is 8.43. The average Bonchev–Trinajstić information content (AvgIpc) is 1.94. The summed E-state index contributed by atoms with van der Waals surface area (Å²) in [5, 5.41) is 0. The van der Waals surface area contributed by atoms with Crippen LogP contribution >= 0.6 is 0 Å². The fourth-order valence-corrected chi connectivity index (χ4v) is 0.692. The Labute approximate surface area is 64.1 Å². The number of nitrogens with zero attached hydrogens (tertiary/aromatic N) is 1. The summed E-state index contributed by atoms with van der Waals surface area (Å²) in [6.07, 6.45) is 1.35. The molecule has 0 saturated heterocycles. The number of aromatic nitrogens is 1. The van der Waals surface area contributed by atoms with Gasteiger partial charge in [0.15, 0.2) is 5.78 Å². The fraction of sp³-hybridized carbons (Fsp3) is 0.250. The fourth-order valence-electron chi connectivity index (χ4n) is 0.692. The maximum absolute atomic E-state index is 12.7. The molecule has 0 aliphatic heterocycles. The second-order valence-corrected chi connectivity index (χ2v) is 2.37. The molecule has 58 valence electrons. The summed E-state index contributed by atoms with van der Waals surface area (Å²) in [5.74, 6) is -0.603. The SMILES string of the molecule is CC(=O)c1cc(F)c(C)cn1. The second kappa shape index (κ2) is 2.78. The van der Waals surface area contributed by atoms with Gasteiger partial charge in [-0.25, -0.2) is 4.39 Å². The second-order valence-electron chi connectivity index (χ2n) is 2.37. The van der Waals surface area contributed by atoms with Crippen LogP contribution < -0.4 is 0 Å². The van der Waals surface area contributed by atoms with Gasteiger partial charge in [-0.05, 0) is 6.92 Å².